The molecule has 0 radical (unpaired) electrons. The summed E-state index contributed by atoms with van der Waals surface area (Å²) in [6.07, 6.45) is 0. The van der Waals surface area contributed by atoms with Gasteiger partial charge in [-0.1, -0.05) is 30.3 Å². The highest BCUT2D eigenvalue weighted by Crippen LogP contribution is 2.27. The van der Waals surface area contributed by atoms with Crippen LogP contribution in [0.15, 0.2) is 59.5 Å². The standard InChI is InChI=1S/C21H24N4O2S/c1-16-8-9-18(20-14-17(2)22-23-20)15-21(16)28(26,27)25-12-10-24(11-13-25)19-6-4-3-5-7-19/h3-9,14-15H,10-13H2,1-2H3,(H,22,23). The van der Waals surface area contributed by atoms with Crippen molar-refractivity contribution >= 4 is 15.7 Å². The van der Waals surface area contributed by atoms with Crippen LogP contribution in [0.2, 0.25) is 0 Å². The van der Waals surface area contributed by atoms with E-state index in [9.17, 15) is 8.42 Å². The fraction of sp³-hybridized carbons (Fsp3) is 0.286. The number of rotatable bonds is 4. The van der Waals surface area contributed by atoms with Gasteiger partial charge < -0.3 is 4.90 Å². The number of para-hydroxylation sites is 1. The Bertz CT molecular complexity index is 1070. The third kappa shape index (κ3) is 3.55. The maximum atomic E-state index is 13.3. The van der Waals surface area contributed by atoms with Gasteiger partial charge in [0.05, 0.1) is 10.6 Å². The van der Waals surface area contributed by atoms with Crippen molar-refractivity contribution in [2.75, 3.05) is 31.1 Å². The van der Waals surface area contributed by atoms with Gasteiger partial charge in [0.1, 0.15) is 0 Å². The molecule has 0 amide bonds. The lowest BCUT2D eigenvalue weighted by Gasteiger charge is -2.35. The van der Waals surface area contributed by atoms with Crippen molar-refractivity contribution in [3.05, 3.63) is 65.9 Å². The van der Waals surface area contributed by atoms with Crippen molar-refractivity contribution in [1.29, 1.82) is 0 Å². The van der Waals surface area contributed by atoms with Crippen LogP contribution in [-0.2, 0) is 10.0 Å². The zero-order chi connectivity index (χ0) is 19.7. The number of hydrogen-bond donors (Lipinski definition) is 1. The smallest absolute Gasteiger partial charge is 0.243 e. The maximum absolute atomic E-state index is 13.3. The lowest BCUT2D eigenvalue weighted by molar-refractivity contribution is 0.384. The molecule has 1 fully saturated rings. The summed E-state index contributed by atoms with van der Waals surface area (Å²) in [6, 6.07) is 17.5. The second-order valence-corrected chi connectivity index (χ2v) is 9.05. The molecule has 1 saturated heterocycles. The molecule has 2 heterocycles. The fourth-order valence-corrected chi connectivity index (χ4v) is 5.24. The molecule has 1 aliphatic heterocycles. The minimum Gasteiger partial charge on any atom is -0.369 e. The highest BCUT2D eigenvalue weighted by Gasteiger charge is 2.30. The van der Waals surface area contributed by atoms with Crippen molar-refractivity contribution in [3.63, 3.8) is 0 Å². The predicted octanol–water partition coefficient (Wildman–Crippen LogP) is 3.20. The van der Waals surface area contributed by atoms with E-state index >= 15 is 0 Å². The first-order chi connectivity index (χ1) is 13.4. The van der Waals surface area contributed by atoms with E-state index in [0.29, 0.717) is 31.1 Å². The normalized spacial score (nSPS) is 15.7. The number of benzene rings is 2. The fourth-order valence-electron chi connectivity index (χ4n) is 3.57. The molecule has 7 heteroatoms. The summed E-state index contributed by atoms with van der Waals surface area (Å²) in [7, 11) is -3.55. The Morgan fingerprint density at radius 3 is 2.29 bits per heavy atom. The number of piperazine rings is 1. The second kappa shape index (κ2) is 7.41. The molecule has 0 saturated carbocycles. The molecule has 0 atom stereocenters. The summed E-state index contributed by atoms with van der Waals surface area (Å²) in [5, 5.41) is 7.16. The molecule has 146 valence electrons. The summed E-state index contributed by atoms with van der Waals surface area (Å²) in [5.74, 6) is 0. The number of sulfonamides is 1. The highest BCUT2D eigenvalue weighted by molar-refractivity contribution is 7.89. The average Bonchev–Trinajstić information content (AvgIpc) is 3.15. The quantitative estimate of drug-likeness (QED) is 0.735. The van der Waals surface area contributed by atoms with Crippen LogP contribution < -0.4 is 4.90 Å². The van der Waals surface area contributed by atoms with Gasteiger partial charge in [0.2, 0.25) is 10.0 Å². The molecule has 0 spiro atoms. The summed E-state index contributed by atoms with van der Waals surface area (Å²) in [6.45, 7) is 6.08. The number of aryl methyl sites for hydroxylation is 2. The Labute approximate surface area is 165 Å². The second-order valence-electron chi connectivity index (χ2n) is 7.14. The molecular formula is C21H24N4O2S. The molecular weight excluding hydrogens is 372 g/mol. The number of nitrogens with zero attached hydrogens (tertiary/aromatic N) is 3. The molecule has 2 aromatic carbocycles. The predicted molar refractivity (Wildman–Crippen MR) is 111 cm³/mol. The summed E-state index contributed by atoms with van der Waals surface area (Å²) < 4.78 is 28.2. The molecule has 6 nitrogen and oxygen atoms in total. The SMILES string of the molecule is Cc1cc(-c2ccc(C)c(S(=O)(=O)N3CCN(c4ccccc4)CC3)c2)n[nH]1. The van der Waals surface area contributed by atoms with E-state index < -0.39 is 10.0 Å². The zero-order valence-electron chi connectivity index (χ0n) is 16.1. The third-order valence-electron chi connectivity index (χ3n) is 5.17. The Balaban J connectivity index is 1.57. The van der Waals surface area contributed by atoms with E-state index in [0.717, 1.165) is 28.2 Å². The molecule has 0 bridgehead atoms. The van der Waals surface area contributed by atoms with E-state index in [-0.39, 0.29) is 0 Å². The maximum Gasteiger partial charge on any atom is 0.243 e. The summed E-state index contributed by atoms with van der Waals surface area (Å²) in [4.78, 5) is 2.58. The minimum absolute atomic E-state index is 0.360. The Hall–Kier alpha value is -2.64. The highest BCUT2D eigenvalue weighted by atomic mass is 32.2. The van der Waals surface area contributed by atoms with Crippen molar-refractivity contribution in [2.45, 2.75) is 18.7 Å². The van der Waals surface area contributed by atoms with Crippen LogP contribution in [0.3, 0.4) is 0 Å². The largest absolute Gasteiger partial charge is 0.369 e. The Morgan fingerprint density at radius 1 is 0.929 bits per heavy atom. The van der Waals surface area contributed by atoms with Crippen LogP contribution in [0, 0.1) is 13.8 Å². The van der Waals surface area contributed by atoms with Crippen molar-refractivity contribution in [1.82, 2.24) is 14.5 Å². The molecule has 28 heavy (non-hydrogen) atoms. The van der Waals surface area contributed by atoms with Crippen LogP contribution >= 0.6 is 0 Å². The summed E-state index contributed by atoms with van der Waals surface area (Å²) >= 11 is 0. The van der Waals surface area contributed by atoms with Crippen LogP contribution in [0.1, 0.15) is 11.3 Å². The van der Waals surface area contributed by atoms with Gasteiger partial charge in [-0.2, -0.15) is 9.40 Å². The van der Waals surface area contributed by atoms with E-state index in [1.165, 1.54) is 0 Å². The number of nitrogens with one attached hydrogen (secondary N) is 1. The monoisotopic (exact) mass is 396 g/mol. The van der Waals surface area contributed by atoms with E-state index in [4.69, 9.17) is 0 Å². The first-order valence-corrected chi connectivity index (χ1v) is 10.8. The molecule has 1 N–H and O–H groups in total. The van der Waals surface area contributed by atoms with E-state index in [1.807, 2.05) is 50.2 Å². The molecule has 0 unspecified atom stereocenters. The molecule has 3 aromatic rings. The topological polar surface area (TPSA) is 69.3 Å². The zero-order valence-corrected chi connectivity index (χ0v) is 16.9. The number of anilines is 1. The van der Waals surface area contributed by atoms with Crippen molar-refractivity contribution < 1.29 is 8.42 Å². The first kappa shape index (κ1) is 18.7. The average molecular weight is 397 g/mol. The number of aromatic nitrogens is 2. The lowest BCUT2D eigenvalue weighted by Crippen LogP contribution is -2.48. The molecule has 1 aromatic heterocycles. The van der Waals surface area contributed by atoms with E-state index in [1.54, 1.807) is 10.4 Å². The molecule has 1 aliphatic rings. The van der Waals surface area contributed by atoms with Crippen molar-refractivity contribution in [2.24, 2.45) is 0 Å². The number of hydrogen-bond acceptors (Lipinski definition) is 4. The minimum atomic E-state index is -3.55. The van der Waals surface area contributed by atoms with E-state index in [2.05, 4.69) is 27.2 Å². The van der Waals surface area contributed by atoms with Gasteiger partial charge in [-0.15, -0.1) is 0 Å². The van der Waals surface area contributed by atoms with Gasteiger partial charge in [-0.3, -0.25) is 5.10 Å². The van der Waals surface area contributed by atoms with Gasteiger partial charge in [0.15, 0.2) is 0 Å². The number of aromatic amines is 1. The van der Waals surface area contributed by atoms with Gasteiger partial charge in [0.25, 0.3) is 0 Å². The Kier molecular flexibility index (Phi) is 4.95. The van der Waals surface area contributed by atoms with Gasteiger partial charge in [-0.05, 0) is 43.7 Å². The van der Waals surface area contributed by atoms with Gasteiger partial charge >= 0.3 is 0 Å². The van der Waals surface area contributed by atoms with Crippen molar-refractivity contribution in [3.8, 4) is 11.3 Å². The summed E-state index contributed by atoms with van der Waals surface area (Å²) in [5.41, 5.74) is 4.38. The van der Waals surface area contributed by atoms with Crippen LogP contribution in [0.4, 0.5) is 5.69 Å². The van der Waals surface area contributed by atoms with Crippen LogP contribution in [0.5, 0.6) is 0 Å². The van der Waals surface area contributed by atoms with Crippen LogP contribution in [0.25, 0.3) is 11.3 Å². The molecule has 4 rings (SSSR count). The Morgan fingerprint density at radius 2 is 1.64 bits per heavy atom. The third-order valence-corrected chi connectivity index (χ3v) is 7.21. The molecule has 0 aliphatic carbocycles. The number of H-pyrrole nitrogens is 1. The van der Waals surface area contributed by atoms with Gasteiger partial charge in [-0.25, -0.2) is 8.42 Å². The lowest BCUT2D eigenvalue weighted by atomic mass is 10.1. The van der Waals surface area contributed by atoms with Crippen LogP contribution in [-0.4, -0.2) is 49.1 Å². The first-order valence-electron chi connectivity index (χ1n) is 9.38. The van der Waals surface area contributed by atoms with Gasteiger partial charge in [0, 0.05) is 43.1 Å².